The lowest BCUT2D eigenvalue weighted by molar-refractivity contribution is 0.0684. The molecule has 1 aliphatic rings. The molecule has 0 unspecified atom stereocenters. The predicted molar refractivity (Wildman–Crippen MR) is 59.0 cm³/mol. The summed E-state index contributed by atoms with van der Waals surface area (Å²) in [7, 11) is 1.67. The van der Waals surface area contributed by atoms with Crippen LogP contribution >= 0.6 is 0 Å². The average Bonchev–Trinajstić information content (AvgIpc) is 2.63. The van der Waals surface area contributed by atoms with Crippen molar-refractivity contribution in [2.75, 3.05) is 33.5 Å². The lowest BCUT2D eigenvalue weighted by Crippen LogP contribution is -2.36. The van der Waals surface area contributed by atoms with Gasteiger partial charge in [-0.3, -0.25) is 0 Å². The van der Waals surface area contributed by atoms with E-state index in [-0.39, 0.29) is 6.10 Å². The highest BCUT2D eigenvalue weighted by Gasteiger charge is 2.23. The van der Waals surface area contributed by atoms with Crippen molar-refractivity contribution in [1.29, 1.82) is 0 Å². The van der Waals surface area contributed by atoms with Crippen molar-refractivity contribution in [3.05, 3.63) is 0 Å². The van der Waals surface area contributed by atoms with E-state index in [4.69, 9.17) is 9.47 Å². The summed E-state index contributed by atoms with van der Waals surface area (Å²) in [6, 6.07) is 0.309. The molecule has 1 fully saturated rings. The van der Waals surface area contributed by atoms with Gasteiger partial charge >= 0.3 is 0 Å². The molecule has 15 heavy (non-hydrogen) atoms. The largest absolute Gasteiger partial charge is 0.392 e. The van der Waals surface area contributed by atoms with Crippen LogP contribution < -0.4 is 5.32 Å². The third kappa shape index (κ3) is 5.47. The number of hydrogen-bond acceptors (Lipinski definition) is 4. The quantitative estimate of drug-likeness (QED) is 0.583. The Bertz CT molecular complexity index is 155. The smallest absolute Gasteiger partial charge is 0.0700 e. The molecule has 0 aromatic heterocycles. The van der Waals surface area contributed by atoms with Crippen LogP contribution in [0.2, 0.25) is 0 Å². The van der Waals surface area contributed by atoms with Crippen LogP contribution in [0.1, 0.15) is 25.7 Å². The van der Waals surface area contributed by atoms with Crippen LogP contribution in [-0.4, -0.2) is 50.7 Å². The van der Waals surface area contributed by atoms with E-state index in [9.17, 15) is 5.11 Å². The Hall–Kier alpha value is -0.160. The summed E-state index contributed by atoms with van der Waals surface area (Å²) in [4.78, 5) is 0. The van der Waals surface area contributed by atoms with E-state index >= 15 is 0 Å². The fraction of sp³-hybridized carbons (Fsp3) is 1.00. The van der Waals surface area contributed by atoms with Crippen molar-refractivity contribution in [3.8, 4) is 0 Å². The first-order chi connectivity index (χ1) is 7.34. The van der Waals surface area contributed by atoms with Crippen molar-refractivity contribution in [2.45, 2.75) is 37.8 Å². The van der Waals surface area contributed by atoms with Gasteiger partial charge in [-0.05, 0) is 32.2 Å². The van der Waals surface area contributed by atoms with Crippen molar-refractivity contribution < 1.29 is 14.6 Å². The van der Waals surface area contributed by atoms with Crippen LogP contribution in [0.5, 0.6) is 0 Å². The highest BCUT2D eigenvalue weighted by Crippen LogP contribution is 2.18. The van der Waals surface area contributed by atoms with Gasteiger partial charge in [-0.2, -0.15) is 0 Å². The minimum absolute atomic E-state index is 0.139. The highest BCUT2D eigenvalue weighted by molar-refractivity contribution is 4.82. The van der Waals surface area contributed by atoms with Gasteiger partial charge in [-0.1, -0.05) is 0 Å². The molecule has 4 heteroatoms. The molecule has 0 radical (unpaired) electrons. The Morgan fingerprint density at radius 3 is 2.80 bits per heavy atom. The minimum atomic E-state index is -0.139. The van der Waals surface area contributed by atoms with Gasteiger partial charge in [0.15, 0.2) is 0 Å². The Balaban J connectivity index is 1.84. The Morgan fingerprint density at radius 1 is 1.27 bits per heavy atom. The number of aliphatic hydroxyl groups is 1. The zero-order chi connectivity index (χ0) is 10.9. The molecule has 0 spiro atoms. The van der Waals surface area contributed by atoms with Gasteiger partial charge in [0.05, 0.1) is 19.3 Å². The molecule has 0 aliphatic heterocycles. The molecule has 4 nitrogen and oxygen atoms in total. The topological polar surface area (TPSA) is 50.7 Å². The molecule has 0 bridgehead atoms. The summed E-state index contributed by atoms with van der Waals surface area (Å²) in [6.07, 6.45) is 4.04. The molecule has 1 aliphatic carbocycles. The number of aliphatic hydroxyl groups excluding tert-OH is 1. The first-order valence-corrected chi connectivity index (χ1v) is 5.82. The fourth-order valence-electron chi connectivity index (χ4n) is 1.88. The van der Waals surface area contributed by atoms with Crippen LogP contribution in [0.25, 0.3) is 0 Å². The minimum Gasteiger partial charge on any atom is -0.392 e. The van der Waals surface area contributed by atoms with Crippen molar-refractivity contribution in [1.82, 2.24) is 5.32 Å². The van der Waals surface area contributed by atoms with Crippen molar-refractivity contribution in [2.24, 2.45) is 0 Å². The SMILES string of the molecule is COCCOCCCN[C@H]1CCC[C@@H]1O. The zero-order valence-corrected chi connectivity index (χ0v) is 9.58. The Kier molecular flexibility index (Phi) is 6.92. The van der Waals surface area contributed by atoms with Crippen LogP contribution in [0.3, 0.4) is 0 Å². The summed E-state index contributed by atoms with van der Waals surface area (Å²) in [5.41, 5.74) is 0. The number of nitrogens with one attached hydrogen (secondary N) is 1. The second-order valence-corrected chi connectivity index (χ2v) is 4.02. The highest BCUT2D eigenvalue weighted by atomic mass is 16.5. The van der Waals surface area contributed by atoms with Gasteiger partial charge in [-0.25, -0.2) is 0 Å². The number of methoxy groups -OCH3 is 1. The van der Waals surface area contributed by atoms with Crippen LogP contribution in [0, 0.1) is 0 Å². The first-order valence-electron chi connectivity index (χ1n) is 5.82. The lowest BCUT2D eigenvalue weighted by atomic mass is 10.2. The van der Waals surface area contributed by atoms with Gasteiger partial charge in [0, 0.05) is 19.8 Å². The van der Waals surface area contributed by atoms with Crippen molar-refractivity contribution in [3.63, 3.8) is 0 Å². The average molecular weight is 217 g/mol. The van der Waals surface area contributed by atoms with E-state index < -0.39 is 0 Å². The first kappa shape index (κ1) is 12.9. The van der Waals surface area contributed by atoms with Gasteiger partial charge in [-0.15, -0.1) is 0 Å². The number of hydrogen-bond donors (Lipinski definition) is 2. The second kappa shape index (κ2) is 8.05. The van der Waals surface area contributed by atoms with Crippen LogP contribution in [-0.2, 0) is 9.47 Å². The predicted octanol–water partition coefficient (Wildman–Crippen LogP) is 0.542. The molecule has 2 atom stereocenters. The van der Waals surface area contributed by atoms with Crippen molar-refractivity contribution >= 4 is 0 Å². The third-order valence-electron chi connectivity index (χ3n) is 2.78. The molecule has 90 valence electrons. The van der Waals surface area contributed by atoms with Crippen LogP contribution in [0.15, 0.2) is 0 Å². The van der Waals surface area contributed by atoms with Crippen LogP contribution in [0.4, 0.5) is 0 Å². The van der Waals surface area contributed by atoms with Gasteiger partial charge in [0.1, 0.15) is 0 Å². The maximum absolute atomic E-state index is 9.55. The molecule has 0 saturated heterocycles. The van der Waals surface area contributed by atoms with Gasteiger partial charge in [0.2, 0.25) is 0 Å². The normalized spacial score (nSPS) is 26.0. The third-order valence-corrected chi connectivity index (χ3v) is 2.78. The maximum Gasteiger partial charge on any atom is 0.0700 e. The Morgan fingerprint density at radius 2 is 2.13 bits per heavy atom. The van der Waals surface area contributed by atoms with E-state index in [0.29, 0.717) is 19.3 Å². The molecular formula is C11H23NO3. The summed E-state index contributed by atoms with van der Waals surface area (Å²) < 4.78 is 10.2. The molecule has 1 saturated carbocycles. The van der Waals surface area contributed by atoms with Gasteiger partial charge in [0.25, 0.3) is 0 Å². The van der Waals surface area contributed by atoms with E-state index in [1.807, 2.05) is 0 Å². The van der Waals surface area contributed by atoms with E-state index in [1.54, 1.807) is 7.11 Å². The Labute approximate surface area is 92.0 Å². The maximum atomic E-state index is 9.55. The fourth-order valence-corrected chi connectivity index (χ4v) is 1.88. The summed E-state index contributed by atoms with van der Waals surface area (Å²) in [5, 5.41) is 12.9. The monoisotopic (exact) mass is 217 g/mol. The number of ether oxygens (including phenoxy) is 2. The molecular weight excluding hydrogens is 194 g/mol. The molecule has 2 N–H and O–H groups in total. The van der Waals surface area contributed by atoms with Gasteiger partial charge < -0.3 is 19.9 Å². The number of rotatable bonds is 8. The van der Waals surface area contributed by atoms with E-state index in [1.165, 1.54) is 0 Å². The van der Waals surface area contributed by atoms with E-state index in [2.05, 4.69) is 5.32 Å². The summed E-state index contributed by atoms with van der Waals surface area (Å²) >= 11 is 0. The second-order valence-electron chi connectivity index (χ2n) is 4.02. The summed E-state index contributed by atoms with van der Waals surface area (Å²) in [5.74, 6) is 0. The molecule has 1 rings (SSSR count). The molecule has 0 aromatic carbocycles. The molecule has 0 amide bonds. The van der Waals surface area contributed by atoms with E-state index in [0.717, 1.165) is 38.8 Å². The molecule has 0 heterocycles. The molecule has 0 aromatic rings. The standard InChI is InChI=1S/C11H23NO3/c1-14-8-9-15-7-3-6-12-10-4-2-5-11(10)13/h10-13H,2-9H2,1H3/t10-,11-/m0/s1. The zero-order valence-electron chi connectivity index (χ0n) is 9.58. The summed E-state index contributed by atoms with van der Waals surface area (Å²) in [6.45, 7) is 3.02. The lowest BCUT2D eigenvalue weighted by Gasteiger charge is -2.16.